The van der Waals surface area contributed by atoms with Crippen LogP contribution < -0.4 is 4.74 Å². The van der Waals surface area contributed by atoms with Gasteiger partial charge in [0.25, 0.3) is 0 Å². The number of carbonyl (C=O) groups excluding carboxylic acids is 2. The molecule has 0 fully saturated rings. The predicted molar refractivity (Wildman–Crippen MR) is 124 cm³/mol. The highest BCUT2D eigenvalue weighted by Gasteiger charge is 2.44. The van der Waals surface area contributed by atoms with Gasteiger partial charge in [0.05, 0.1) is 6.61 Å². The largest absolute Gasteiger partial charge is 0.489 e. The van der Waals surface area contributed by atoms with Gasteiger partial charge < -0.3 is 9.47 Å². The van der Waals surface area contributed by atoms with Gasteiger partial charge >= 0.3 is 5.97 Å². The van der Waals surface area contributed by atoms with Crippen molar-refractivity contribution in [1.82, 2.24) is 0 Å². The Kier molecular flexibility index (Phi) is 6.84. The molecule has 5 nitrogen and oxygen atoms in total. The summed E-state index contributed by atoms with van der Waals surface area (Å²) < 4.78 is 11.8. The molecule has 2 atom stereocenters. The Labute approximate surface area is 189 Å². The number of carbonyl (C=O) groups is 2. The van der Waals surface area contributed by atoms with Crippen molar-refractivity contribution in [2.24, 2.45) is 10.9 Å². The van der Waals surface area contributed by atoms with Gasteiger partial charge in [0.2, 0.25) is 0 Å². The number of Topliss-reactive ketones (excluding diaryl/α,β-unsaturated/α-hetero) is 1. The maximum absolute atomic E-state index is 13.1. The molecule has 0 spiro atoms. The number of hydrogen-bond acceptors (Lipinski definition) is 5. The van der Waals surface area contributed by atoms with Gasteiger partial charge in [-0.1, -0.05) is 55.5 Å². The zero-order valence-electron chi connectivity index (χ0n) is 18.7. The molecule has 1 aliphatic carbocycles. The second kappa shape index (κ2) is 9.94. The van der Waals surface area contributed by atoms with E-state index in [1.165, 1.54) is 0 Å². The molecule has 2 aromatic carbocycles. The number of ketones is 1. The minimum Gasteiger partial charge on any atom is -0.489 e. The van der Waals surface area contributed by atoms with E-state index in [0.717, 1.165) is 36.1 Å². The van der Waals surface area contributed by atoms with Gasteiger partial charge in [-0.3, -0.25) is 14.6 Å². The van der Waals surface area contributed by atoms with Crippen molar-refractivity contribution >= 4 is 17.5 Å². The number of benzene rings is 2. The number of hydrogen-bond donors (Lipinski definition) is 0. The number of rotatable bonds is 7. The van der Waals surface area contributed by atoms with Gasteiger partial charge in [0.1, 0.15) is 18.3 Å². The number of ether oxygens (including phenoxy) is 2. The third-order valence-electron chi connectivity index (χ3n) is 6.03. The molecule has 32 heavy (non-hydrogen) atoms. The zero-order chi connectivity index (χ0) is 22.5. The van der Waals surface area contributed by atoms with Gasteiger partial charge in [-0.15, -0.1) is 0 Å². The number of nitrogens with zero attached hydrogens (tertiary/aromatic N) is 1. The molecule has 0 aromatic heterocycles. The average molecular weight is 432 g/mol. The second-order valence-corrected chi connectivity index (χ2v) is 8.33. The van der Waals surface area contributed by atoms with E-state index >= 15 is 0 Å². The fourth-order valence-corrected chi connectivity index (χ4v) is 4.54. The molecule has 0 saturated heterocycles. The minimum atomic E-state index is -0.635. The molecule has 0 bridgehead atoms. The maximum Gasteiger partial charge on any atom is 0.315 e. The van der Waals surface area contributed by atoms with Crippen LogP contribution in [0.15, 0.2) is 70.9 Å². The van der Waals surface area contributed by atoms with E-state index in [1.54, 1.807) is 0 Å². The lowest BCUT2D eigenvalue weighted by atomic mass is 9.71. The topological polar surface area (TPSA) is 65.0 Å². The summed E-state index contributed by atoms with van der Waals surface area (Å²) >= 11 is 0. The average Bonchev–Trinajstić information content (AvgIpc) is 2.81. The third-order valence-corrected chi connectivity index (χ3v) is 6.03. The molecule has 1 aliphatic heterocycles. The van der Waals surface area contributed by atoms with Crippen LogP contribution in [0.4, 0.5) is 0 Å². The van der Waals surface area contributed by atoms with Crippen molar-refractivity contribution in [3.63, 3.8) is 0 Å². The fourth-order valence-electron chi connectivity index (χ4n) is 4.54. The first-order valence-corrected chi connectivity index (χ1v) is 11.3. The number of allylic oxidation sites excluding steroid dienone is 2. The van der Waals surface area contributed by atoms with E-state index in [-0.39, 0.29) is 11.8 Å². The van der Waals surface area contributed by atoms with E-state index in [0.29, 0.717) is 36.7 Å². The minimum absolute atomic E-state index is 0.0682. The van der Waals surface area contributed by atoms with E-state index < -0.39 is 11.8 Å². The van der Waals surface area contributed by atoms with Gasteiger partial charge in [-0.05, 0) is 37.8 Å². The number of esters is 1. The number of para-hydroxylation sites is 1. The molecule has 0 radical (unpaired) electrons. The highest BCUT2D eigenvalue weighted by molar-refractivity contribution is 6.09. The normalized spacial score (nSPS) is 20.4. The summed E-state index contributed by atoms with van der Waals surface area (Å²) in [6, 6.07) is 17.6. The van der Waals surface area contributed by atoms with Crippen molar-refractivity contribution in [2.75, 3.05) is 6.61 Å². The molecule has 0 amide bonds. The third kappa shape index (κ3) is 4.52. The highest BCUT2D eigenvalue weighted by Crippen LogP contribution is 2.46. The molecule has 4 rings (SSSR count). The van der Waals surface area contributed by atoms with Crippen molar-refractivity contribution in [3.05, 3.63) is 77.0 Å². The van der Waals surface area contributed by atoms with Gasteiger partial charge in [-0.2, -0.15) is 0 Å². The van der Waals surface area contributed by atoms with Gasteiger partial charge in [-0.25, -0.2) is 0 Å². The molecular formula is C27H29NO4. The van der Waals surface area contributed by atoms with Crippen molar-refractivity contribution in [2.45, 2.75) is 52.1 Å². The lowest BCUT2D eigenvalue weighted by Crippen LogP contribution is -2.37. The molecule has 0 saturated carbocycles. The van der Waals surface area contributed by atoms with Gasteiger partial charge in [0.15, 0.2) is 5.78 Å². The summed E-state index contributed by atoms with van der Waals surface area (Å²) in [7, 11) is 0. The summed E-state index contributed by atoms with van der Waals surface area (Å²) in [5, 5.41) is 0. The molecule has 2 aromatic rings. The fraction of sp³-hybridized carbons (Fsp3) is 0.370. The molecule has 0 N–H and O–H groups in total. The Bertz CT molecular complexity index is 1050. The van der Waals surface area contributed by atoms with E-state index in [4.69, 9.17) is 14.5 Å². The zero-order valence-corrected chi connectivity index (χ0v) is 18.7. The number of aliphatic imine (C=N–C) groups is 1. The molecule has 1 unspecified atom stereocenters. The Morgan fingerprint density at radius 1 is 1.06 bits per heavy atom. The van der Waals surface area contributed by atoms with Crippen LogP contribution >= 0.6 is 0 Å². The van der Waals surface area contributed by atoms with Crippen LogP contribution in [-0.4, -0.2) is 24.1 Å². The first kappa shape index (κ1) is 22.0. The summed E-state index contributed by atoms with van der Waals surface area (Å²) in [6.45, 7) is 4.58. The monoisotopic (exact) mass is 431 g/mol. The van der Waals surface area contributed by atoms with Crippen LogP contribution in [0.1, 0.15) is 56.6 Å². The summed E-state index contributed by atoms with van der Waals surface area (Å²) in [5.41, 5.74) is 4.04. The Hall–Kier alpha value is -3.21. The van der Waals surface area contributed by atoms with Crippen LogP contribution in [0, 0.1) is 5.92 Å². The first-order chi connectivity index (χ1) is 15.6. The summed E-state index contributed by atoms with van der Waals surface area (Å²) in [4.78, 5) is 30.9. The highest BCUT2D eigenvalue weighted by atomic mass is 16.5. The van der Waals surface area contributed by atoms with Crippen molar-refractivity contribution < 1.29 is 19.1 Å². The van der Waals surface area contributed by atoms with Crippen LogP contribution in [0.25, 0.3) is 0 Å². The molecule has 5 heteroatoms. The van der Waals surface area contributed by atoms with Crippen molar-refractivity contribution in [3.8, 4) is 5.75 Å². The smallest absolute Gasteiger partial charge is 0.315 e. The molecule has 166 valence electrons. The van der Waals surface area contributed by atoms with E-state index in [9.17, 15) is 9.59 Å². The van der Waals surface area contributed by atoms with Crippen LogP contribution in [0.3, 0.4) is 0 Å². The summed E-state index contributed by atoms with van der Waals surface area (Å²) in [5.74, 6) is -0.676. The maximum atomic E-state index is 13.1. The lowest BCUT2D eigenvalue weighted by molar-refractivity contribution is -0.146. The standard InChI is InChI=1S/C27H29NO4/c1-3-16-31-27(30)24-18(2)28-21-13-9-14-22(29)26(21)25(24)20-12-7-8-15-23(20)32-17-19-10-5-4-6-11-19/h4-8,10-12,15,24-25H,3,9,13-14,16-17H2,1-2H3/t24?,25-/m1/s1. The molecular weight excluding hydrogens is 402 g/mol. The van der Waals surface area contributed by atoms with E-state index in [2.05, 4.69) is 0 Å². The Balaban J connectivity index is 1.75. The van der Waals surface area contributed by atoms with E-state index in [1.807, 2.05) is 68.4 Å². The predicted octanol–water partition coefficient (Wildman–Crippen LogP) is 5.40. The van der Waals surface area contributed by atoms with Gasteiger partial charge in [0, 0.05) is 34.9 Å². The second-order valence-electron chi connectivity index (χ2n) is 8.33. The van der Waals surface area contributed by atoms with Crippen LogP contribution in [0.2, 0.25) is 0 Å². The quantitative estimate of drug-likeness (QED) is 0.551. The van der Waals surface area contributed by atoms with Crippen LogP contribution in [-0.2, 0) is 20.9 Å². The molecule has 2 aliphatic rings. The lowest BCUT2D eigenvalue weighted by Gasteiger charge is -2.35. The van der Waals surface area contributed by atoms with Crippen molar-refractivity contribution in [1.29, 1.82) is 0 Å². The summed E-state index contributed by atoms with van der Waals surface area (Å²) in [6.07, 6.45) is 2.76. The first-order valence-electron chi connectivity index (χ1n) is 11.3. The van der Waals surface area contributed by atoms with Crippen LogP contribution in [0.5, 0.6) is 5.75 Å². The Morgan fingerprint density at radius 3 is 2.59 bits per heavy atom. The SMILES string of the molecule is CCCOC(=O)C1C(C)=NC2=C(C(=O)CCC2)[C@@H]1c1ccccc1OCc1ccccc1. The Morgan fingerprint density at radius 2 is 1.81 bits per heavy atom. The molecule has 1 heterocycles.